The average Bonchev–Trinajstić information content (AvgIpc) is 3.35. The van der Waals surface area contributed by atoms with Crippen LogP contribution >= 0.6 is 0 Å². The first-order valence-electron chi connectivity index (χ1n) is 12.6. The van der Waals surface area contributed by atoms with Crippen LogP contribution in [0.4, 0.5) is 0 Å². The highest BCUT2D eigenvalue weighted by Crippen LogP contribution is 2.20. The summed E-state index contributed by atoms with van der Waals surface area (Å²) in [7, 11) is 0. The molecule has 0 saturated carbocycles. The molecule has 4 atom stereocenters. The molecule has 1 aliphatic heterocycles. The van der Waals surface area contributed by atoms with E-state index in [1.807, 2.05) is 0 Å². The minimum Gasteiger partial charge on any atom is -0.480 e. The third-order valence-electron chi connectivity index (χ3n) is 6.00. The number of carbonyl (C=O) groups excluding carboxylic acids is 4. The zero-order chi connectivity index (χ0) is 29.5. The largest absolute Gasteiger partial charge is 0.480 e. The van der Waals surface area contributed by atoms with E-state index in [4.69, 9.17) is 34.4 Å². The molecule has 17 heteroatoms. The van der Waals surface area contributed by atoms with Gasteiger partial charge < -0.3 is 55.0 Å². The number of nitrogens with zero attached hydrogens (tertiary/aromatic N) is 3. The van der Waals surface area contributed by atoms with Crippen molar-refractivity contribution in [2.45, 2.75) is 75.5 Å². The van der Waals surface area contributed by atoms with Crippen molar-refractivity contribution in [1.82, 2.24) is 15.5 Å². The van der Waals surface area contributed by atoms with E-state index in [9.17, 15) is 29.1 Å². The summed E-state index contributed by atoms with van der Waals surface area (Å²) >= 11 is 0. The Morgan fingerprint density at radius 3 is 2.00 bits per heavy atom. The first kappa shape index (κ1) is 32.9. The van der Waals surface area contributed by atoms with Crippen molar-refractivity contribution in [3.05, 3.63) is 0 Å². The molecule has 39 heavy (non-hydrogen) atoms. The molecule has 0 aromatic carbocycles. The predicted molar refractivity (Wildman–Crippen MR) is 142 cm³/mol. The molecule has 1 saturated heterocycles. The Kier molecular flexibility index (Phi) is 14.0. The fourth-order valence-electron chi connectivity index (χ4n) is 4.01. The van der Waals surface area contributed by atoms with Crippen molar-refractivity contribution in [1.29, 1.82) is 0 Å². The summed E-state index contributed by atoms with van der Waals surface area (Å²) in [5.74, 6) is -4.02. The molecule has 0 radical (unpaired) electrons. The third-order valence-corrected chi connectivity index (χ3v) is 6.00. The third kappa shape index (κ3) is 12.3. The summed E-state index contributed by atoms with van der Waals surface area (Å²) in [5.41, 5.74) is 32.2. The molecular weight excluding hydrogens is 514 g/mol. The van der Waals surface area contributed by atoms with Crippen LogP contribution in [0, 0.1) is 0 Å². The second-order valence-electron chi connectivity index (χ2n) is 9.16. The smallest absolute Gasteiger partial charge is 0.326 e. The lowest BCUT2D eigenvalue weighted by atomic mass is 10.1. The molecule has 1 aliphatic rings. The van der Waals surface area contributed by atoms with Crippen LogP contribution in [0.5, 0.6) is 0 Å². The summed E-state index contributed by atoms with van der Waals surface area (Å²) in [6.07, 6.45) is 1.48. The highest BCUT2D eigenvalue weighted by Gasteiger charge is 2.39. The van der Waals surface area contributed by atoms with Crippen LogP contribution in [0.15, 0.2) is 9.98 Å². The normalized spacial score (nSPS) is 16.8. The molecule has 0 bridgehead atoms. The van der Waals surface area contributed by atoms with Crippen LogP contribution in [-0.2, 0) is 24.0 Å². The van der Waals surface area contributed by atoms with Gasteiger partial charge in [0.15, 0.2) is 11.9 Å². The van der Waals surface area contributed by atoms with E-state index in [1.165, 1.54) is 4.90 Å². The van der Waals surface area contributed by atoms with E-state index in [1.54, 1.807) is 0 Å². The zero-order valence-corrected chi connectivity index (χ0v) is 21.9. The van der Waals surface area contributed by atoms with Crippen LogP contribution in [0.1, 0.15) is 51.4 Å². The van der Waals surface area contributed by atoms with Gasteiger partial charge in [0, 0.05) is 26.1 Å². The summed E-state index contributed by atoms with van der Waals surface area (Å²) in [5, 5.41) is 14.5. The number of likely N-dealkylation sites (tertiary alicyclic amines) is 1. The van der Waals surface area contributed by atoms with E-state index in [0.717, 1.165) is 0 Å². The van der Waals surface area contributed by atoms with Gasteiger partial charge in [-0.3, -0.25) is 29.2 Å². The van der Waals surface area contributed by atoms with Gasteiger partial charge in [0.1, 0.15) is 18.1 Å². The van der Waals surface area contributed by atoms with E-state index < -0.39 is 53.8 Å². The summed E-state index contributed by atoms with van der Waals surface area (Å²) in [6.45, 7) is 0.657. The molecule has 0 aromatic heterocycles. The molecular formula is C22H41N11O6. The summed E-state index contributed by atoms with van der Waals surface area (Å²) in [4.78, 5) is 71.0. The Morgan fingerprint density at radius 1 is 0.872 bits per heavy atom. The highest BCUT2D eigenvalue weighted by molar-refractivity contribution is 5.94. The van der Waals surface area contributed by atoms with Crippen LogP contribution in [0.25, 0.3) is 0 Å². The Labute approximate surface area is 226 Å². The van der Waals surface area contributed by atoms with Gasteiger partial charge in [-0.1, -0.05) is 0 Å². The first-order chi connectivity index (χ1) is 18.3. The van der Waals surface area contributed by atoms with Crippen molar-refractivity contribution >= 4 is 41.5 Å². The number of nitrogens with one attached hydrogen (secondary N) is 2. The van der Waals surface area contributed by atoms with Crippen LogP contribution < -0.4 is 45.0 Å². The van der Waals surface area contributed by atoms with Crippen LogP contribution in [0.2, 0.25) is 0 Å². The van der Waals surface area contributed by atoms with Gasteiger partial charge in [-0.15, -0.1) is 0 Å². The number of hydrogen-bond acceptors (Lipinski definition) is 8. The molecule has 4 amide bonds. The standard InChI is InChI=1S/C22H41N11O6/c23-12(4-1-9-29-21(25)26)17(35)31-13(7-8-16(24)34)19(37)33-11-3-6-15(33)18(36)32-14(20(38)39)5-2-10-30-22(27)28/h12-15H,1-11,23H2,(H2,24,34)(H,31,35)(H,32,36)(H,38,39)(H4,25,26,29)(H4,27,28,30)/t12-,13-,14-,15-/m0/s1. The van der Waals surface area contributed by atoms with Gasteiger partial charge in [0.25, 0.3) is 0 Å². The number of rotatable bonds is 17. The monoisotopic (exact) mass is 555 g/mol. The van der Waals surface area contributed by atoms with E-state index in [2.05, 4.69) is 20.6 Å². The maximum Gasteiger partial charge on any atom is 0.326 e. The molecule has 0 aliphatic carbocycles. The Bertz CT molecular complexity index is 933. The number of hydrogen-bond donors (Lipinski definition) is 9. The van der Waals surface area contributed by atoms with E-state index in [-0.39, 0.29) is 57.2 Å². The molecule has 0 spiro atoms. The molecule has 0 unspecified atom stereocenters. The molecule has 0 aromatic rings. The summed E-state index contributed by atoms with van der Waals surface area (Å²) < 4.78 is 0. The number of carbonyl (C=O) groups is 5. The number of guanidine groups is 2. The average molecular weight is 556 g/mol. The number of carboxylic acid groups (broad SMARTS) is 1. The van der Waals surface area contributed by atoms with E-state index >= 15 is 0 Å². The van der Waals surface area contributed by atoms with Crippen molar-refractivity contribution in [2.24, 2.45) is 44.4 Å². The minimum absolute atomic E-state index is 0.0664. The maximum atomic E-state index is 13.4. The molecule has 1 heterocycles. The minimum atomic E-state index is -1.25. The topological polar surface area (TPSA) is 314 Å². The number of aliphatic carboxylic acids is 1. The quantitative estimate of drug-likeness (QED) is 0.0469. The Morgan fingerprint density at radius 2 is 1.46 bits per heavy atom. The van der Waals surface area contributed by atoms with Gasteiger partial charge >= 0.3 is 5.97 Å². The first-order valence-corrected chi connectivity index (χ1v) is 12.6. The number of carboxylic acids is 1. The maximum absolute atomic E-state index is 13.4. The Hall–Kier alpha value is -4.15. The van der Waals surface area contributed by atoms with E-state index in [0.29, 0.717) is 25.7 Å². The highest BCUT2D eigenvalue weighted by atomic mass is 16.4. The number of amides is 4. The van der Waals surface area contributed by atoms with Gasteiger partial charge in [0.05, 0.1) is 6.04 Å². The fraction of sp³-hybridized carbons (Fsp3) is 0.682. The van der Waals surface area contributed by atoms with Crippen molar-refractivity contribution in [2.75, 3.05) is 19.6 Å². The van der Waals surface area contributed by atoms with Gasteiger partial charge in [-0.25, -0.2) is 4.79 Å². The number of primary amides is 1. The fourth-order valence-corrected chi connectivity index (χ4v) is 4.01. The van der Waals surface area contributed by atoms with Crippen LogP contribution in [-0.4, -0.2) is 95.3 Å². The Balaban J connectivity index is 2.89. The van der Waals surface area contributed by atoms with Crippen molar-refractivity contribution in [3.8, 4) is 0 Å². The van der Waals surface area contributed by atoms with Crippen molar-refractivity contribution < 1.29 is 29.1 Å². The lowest BCUT2D eigenvalue weighted by molar-refractivity contribution is -0.145. The van der Waals surface area contributed by atoms with Gasteiger partial charge in [-0.2, -0.15) is 0 Å². The SMILES string of the molecule is NC(=O)CC[C@H](NC(=O)[C@@H](N)CCCN=C(N)N)C(=O)N1CCC[C@H]1C(=O)N[C@@H](CCCN=C(N)N)C(=O)O. The predicted octanol–water partition coefficient (Wildman–Crippen LogP) is -4.27. The van der Waals surface area contributed by atoms with Gasteiger partial charge in [0.2, 0.25) is 23.6 Å². The summed E-state index contributed by atoms with van der Waals surface area (Å²) in [6, 6.07) is -4.32. The molecule has 1 rings (SSSR count). The molecule has 15 N–H and O–H groups in total. The molecule has 17 nitrogen and oxygen atoms in total. The zero-order valence-electron chi connectivity index (χ0n) is 21.9. The molecule has 220 valence electrons. The lowest BCUT2D eigenvalue weighted by Crippen LogP contribution is -2.56. The second-order valence-corrected chi connectivity index (χ2v) is 9.16. The van der Waals surface area contributed by atoms with Crippen molar-refractivity contribution in [3.63, 3.8) is 0 Å². The van der Waals surface area contributed by atoms with Gasteiger partial charge in [-0.05, 0) is 44.9 Å². The van der Waals surface area contributed by atoms with Crippen LogP contribution in [0.3, 0.4) is 0 Å². The second kappa shape index (κ2) is 16.6. The number of aliphatic imine (C=N–C) groups is 2. The lowest BCUT2D eigenvalue weighted by Gasteiger charge is -2.30. The number of nitrogens with two attached hydrogens (primary N) is 6. The molecule has 1 fully saturated rings.